The minimum absolute atomic E-state index is 0.0212. The third kappa shape index (κ3) is 9.47. The van der Waals surface area contributed by atoms with Crippen molar-refractivity contribution in [3.63, 3.8) is 0 Å². The van der Waals surface area contributed by atoms with Gasteiger partial charge in [-0.1, -0.05) is 78.3 Å². The van der Waals surface area contributed by atoms with E-state index in [9.17, 15) is 9.59 Å². The predicted octanol–water partition coefficient (Wildman–Crippen LogP) is 6.97. The fourth-order valence-corrected chi connectivity index (χ4v) is 5.60. The van der Waals surface area contributed by atoms with E-state index < -0.39 is 29.1 Å². The van der Waals surface area contributed by atoms with E-state index in [1.807, 2.05) is 78.9 Å². The number of aliphatic hydroxyl groups excluding tert-OH is 1. The van der Waals surface area contributed by atoms with Gasteiger partial charge in [-0.15, -0.1) is 0 Å². The van der Waals surface area contributed by atoms with Crippen molar-refractivity contribution in [2.75, 3.05) is 13.2 Å². The molecule has 1 heterocycles. The van der Waals surface area contributed by atoms with Crippen LogP contribution in [-0.2, 0) is 25.6 Å². The molecule has 4 aromatic rings. The first-order chi connectivity index (χ1) is 23.6. The van der Waals surface area contributed by atoms with Crippen LogP contribution in [0.2, 0.25) is 5.02 Å². The number of aliphatic hydroxyl groups is 1. The molecule has 10 heteroatoms. The molecule has 1 aliphatic rings. The molecule has 256 valence electrons. The molecule has 0 radical (unpaired) electrons. The Labute approximate surface area is 292 Å². The number of ether oxygens (including phenoxy) is 3. The van der Waals surface area contributed by atoms with E-state index in [0.717, 1.165) is 22.3 Å². The van der Waals surface area contributed by atoms with Gasteiger partial charge in [-0.2, -0.15) is 0 Å². The van der Waals surface area contributed by atoms with Crippen LogP contribution in [-0.4, -0.2) is 47.2 Å². The highest BCUT2D eigenvalue weighted by atomic mass is 35.5. The van der Waals surface area contributed by atoms with Gasteiger partial charge in [0.15, 0.2) is 11.6 Å². The summed E-state index contributed by atoms with van der Waals surface area (Å²) in [6, 6.07) is 32.3. The number of amides is 1. The summed E-state index contributed by atoms with van der Waals surface area (Å²) < 4.78 is 17.9. The lowest BCUT2D eigenvalue weighted by atomic mass is 9.83. The zero-order valence-corrected chi connectivity index (χ0v) is 28.7. The molecule has 9 nitrogen and oxygen atoms in total. The molecule has 0 aliphatic carbocycles. The van der Waals surface area contributed by atoms with Gasteiger partial charge < -0.3 is 19.3 Å². The van der Waals surface area contributed by atoms with E-state index in [1.54, 1.807) is 45.0 Å². The molecule has 0 unspecified atom stereocenters. The lowest BCUT2D eigenvalue weighted by molar-refractivity contribution is -0.155. The number of carbonyl (C=O) groups is 2. The Morgan fingerprint density at radius 2 is 1.55 bits per heavy atom. The van der Waals surface area contributed by atoms with Gasteiger partial charge in [-0.05, 0) is 85.8 Å². The van der Waals surface area contributed by atoms with Crippen molar-refractivity contribution >= 4 is 29.4 Å². The summed E-state index contributed by atoms with van der Waals surface area (Å²) in [5.41, 5.74) is 7.97. The molecule has 0 spiro atoms. The maximum Gasteiger partial charge on any atom is 0.306 e. The van der Waals surface area contributed by atoms with Crippen molar-refractivity contribution in [1.29, 1.82) is 0 Å². The fraction of sp³-hybridized carbons (Fsp3) is 0.308. The van der Waals surface area contributed by atoms with Crippen molar-refractivity contribution in [3.05, 3.63) is 125 Å². The molecule has 1 aliphatic heterocycles. The van der Waals surface area contributed by atoms with Crippen molar-refractivity contribution in [3.8, 4) is 16.9 Å². The molecule has 49 heavy (non-hydrogen) atoms. The average Bonchev–Trinajstić information content (AvgIpc) is 3.49. The summed E-state index contributed by atoms with van der Waals surface area (Å²) in [6.07, 6.45) is -0.401. The summed E-state index contributed by atoms with van der Waals surface area (Å²) in [4.78, 5) is 32.4. The summed E-state index contributed by atoms with van der Waals surface area (Å²) in [7, 11) is 0. The maximum atomic E-state index is 14.4. The SMILES string of the molecule is CC(C)(C)OC(=O)CC[C@]1(C(=O)NNCc2ccc(Cl)cc2)N=C(c2ccc(OCCCO)cc2)O[C@H]1c1ccc(-c2ccccc2)cc1. The number of aliphatic imine (C=N–C) groups is 1. The number of rotatable bonds is 14. The van der Waals surface area contributed by atoms with E-state index in [1.165, 1.54) is 0 Å². The first-order valence-corrected chi connectivity index (χ1v) is 16.7. The van der Waals surface area contributed by atoms with E-state index in [4.69, 9.17) is 35.9 Å². The molecule has 0 aromatic heterocycles. The second-order valence-electron chi connectivity index (χ2n) is 12.8. The zero-order valence-electron chi connectivity index (χ0n) is 27.9. The van der Waals surface area contributed by atoms with Crippen LogP contribution in [0.4, 0.5) is 0 Å². The highest BCUT2D eigenvalue weighted by Gasteiger charge is 2.53. The van der Waals surface area contributed by atoms with Crippen LogP contribution in [0, 0.1) is 0 Å². The molecule has 5 rings (SSSR count). The molecule has 2 atom stereocenters. The standard InChI is InChI=1S/C39H42ClN3O6/c1-38(2,3)49-34(45)22-23-39(37(46)43-41-26-27-10-18-32(40)19-11-27)35(30-14-12-29(13-15-30)28-8-5-4-6-9-28)48-36(42-39)31-16-20-33(21-17-31)47-25-7-24-44/h4-6,8-21,35,41,44H,7,22-26H2,1-3H3,(H,43,46)/t35-,39-/m0/s1. The van der Waals surface area contributed by atoms with Crippen LogP contribution < -0.4 is 15.6 Å². The van der Waals surface area contributed by atoms with Gasteiger partial charge in [0.25, 0.3) is 5.91 Å². The van der Waals surface area contributed by atoms with Crippen LogP contribution in [0.3, 0.4) is 0 Å². The Hall–Kier alpha value is -4.70. The van der Waals surface area contributed by atoms with E-state index in [-0.39, 0.29) is 25.3 Å². The Balaban J connectivity index is 1.49. The molecule has 0 saturated heterocycles. The van der Waals surface area contributed by atoms with Gasteiger partial charge in [0.2, 0.25) is 5.90 Å². The Morgan fingerprint density at radius 1 is 0.898 bits per heavy atom. The molecule has 4 aromatic carbocycles. The number of nitrogens with zero attached hydrogens (tertiary/aromatic N) is 1. The third-order valence-corrected chi connectivity index (χ3v) is 8.14. The van der Waals surface area contributed by atoms with Gasteiger partial charge in [0.1, 0.15) is 11.4 Å². The first-order valence-electron chi connectivity index (χ1n) is 16.3. The quantitative estimate of drug-likeness (QED) is 0.0747. The fourth-order valence-electron chi connectivity index (χ4n) is 5.47. The molecular weight excluding hydrogens is 642 g/mol. The van der Waals surface area contributed by atoms with E-state index in [2.05, 4.69) is 10.9 Å². The van der Waals surface area contributed by atoms with E-state index in [0.29, 0.717) is 35.9 Å². The van der Waals surface area contributed by atoms with Gasteiger partial charge in [-0.25, -0.2) is 10.4 Å². The maximum absolute atomic E-state index is 14.4. The molecule has 0 fully saturated rings. The second-order valence-corrected chi connectivity index (χ2v) is 13.2. The lowest BCUT2D eigenvalue weighted by Gasteiger charge is -2.31. The van der Waals surface area contributed by atoms with Gasteiger partial charge >= 0.3 is 5.97 Å². The number of carbonyl (C=O) groups excluding carboxylic acids is 2. The van der Waals surface area contributed by atoms with Crippen LogP contribution in [0.25, 0.3) is 11.1 Å². The van der Waals surface area contributed by atoms with Gasteiger partial charge in [-0.3, -0.25) is 15.0 Å². The zero-order chi connectivity index (χ0) is 34.9. The minimum Gasteiger partial charge on any atom is -0.494 e. The summed E-state index contributed by atoms with van der Waals surface area (Å²) >= 11 is 6.05. The second kappa shape index (κ2) is 16.1. The van der Waals surface area contributed by atoms with Crippen molar-refractivity contribution < 1.29 is 28.9 Å². The summed E-state index contributed by atoms with van der Waals surface area (Å²) in [6.45, 7) is 6.16. The van der Waals surface area contributed by atoms with Gasteiger partial charge in [0, 0.05) is 36.6 Å². The normalized spacial score (nSPS) is 17.2. The molecule has 1 amide bonds. The van der Waals surface area contributed by atoms with Crippen molar-refractivity contribution in [2.24, 2.45) is 4.99 Å². The number of hydrogen-bond acceptors (Lipinski definition) is 8. The number of esters is 1. The number of benzene rings is 4. The van der Waals surface area contributed by atoms with Gasteiger partial charge in [0.05, 0.1) is 6.61 Å². The highest BCUT2D eigenvalue weighted by molar-refractivity contribution is 6.30. The Kier molecular flexibility index (Phi) is 11.7. The lowest BCUT2D eigenvalue weighted by Crippen LogP contribution is -2.52. The summed E-state index contributed by atoms with van der Waals surface area (Å²) in [5.74, 6) is -0.0126. The van der Waals surface area contributed by atoms with Crippen LogP contribution in [0.5, 0.6) is 5.75 Å². The molecular formula is C39H42ClN3O6. The summed E-state index contributed by atoms with van der Waals surface area (Å²) in [5, 5.41) is 9.71. The van der Waals surface area contributed by atoms with Crippen molar-refractivity contribution in [2.45, 2.75) is 63.8 Å². The van der Waals surface area contributed by atoms with Crippen LogP contribution in [0.15, 0.2) is 108 Å². The third-order valence-electron chi connectivity index (χ3n) is 7.89. The van der Waals surface area contributed by atoms with Crippen LogP contribution in [0.1, 0.15) is 62.8 Å². The minimum atomic E-state index is -1.54. The Bertz CT molecular complexity index is 1720. The number of halogens is 1. The monoisotopic (exact) mass is 683 g/mol. The smallest absolute Gasteiger partial charge is 0.306 e. The highest BCUT2D eigenvalue weighted by Crippen LogP contribution is 2.44. The van der Waals surface area contributed by atoms with Crippen molar-refractivity contribution in [1.82, 2.24) is 10.9 Å². The number of nitrogens with one attached hydrogen (secondary N) is 2. The largest absolute Gasteiger partial charge is 0.494 e. The van der Waals surface area contributed by atoms with E-state index >= 15 is 0 Å². The topological polar surface area (TPSA) is 118 Å². The molecule has 0 saturated carbocycles. The molecule has 3 N–H and O–H groups in total. The number of hydrogen-bond donors (Lipinski definition) is 3. The predicted molar refractivity (Wildman–Crippen MR) is 190 cm³/mol. The molecule has 0 bridgehead atoms. The average molecular weight is 684 g/mol. The first kappa shape index (κ1) is 35.6. The number of hydrazine groups is 1. The Morgan fingerprint density at radius 3 is 2.20 bits per heavy atom. The van der Waals surface area contributed by atoms with Crippen LogP contribution >= 0.6 is 11.6 Å².